The minimum absolute atomic E-state index is 0.207. The van der Waals surface area contributed by atoms with Gasteiger partial charge in [0.15, 0.2) is 0 Å². The molecule has 0 saturated heterocycles. The third-order valence-corrected chi connectivity index (χ3v) is 1.90. The predicted molar refractivity (Wildman–Crippen MR) is 50.0 cm³/mol. The number of hydrogen-bond donors (Lipinski definition) is 1. The fourth-order valence-electron chi connectivity index (χ4n) is 1.02. The molecule has 0 fully saturated rings. The van der Waals surface area contributed by atoms with Gasteiger partial charge in [0.05, 0.1) is 5.92 Å². The maximum absolute atomic E-state index is 10.7. The van der Waals surface area contributed by atoms with Crippen molar-refractivity contribution in [1.29, 1.82) is 0 Å². The van der Waals surface area contributed by atoms with Crippen LogP contribution < -0.4 is 0 Å². The van der Waals surface area contributed by atoms with Crippen LogP contribution in [0.1, 0.15) is 34.1 Å². The molecule has 1 atom stereocenters. The highest BCUT2D eigenvalue weighted by molar-refractivity contribution is 5.70. The quantitative estimate of drug-likeness (QED) is 0.659. The van der Waals surface area contributed by atoms with E-state index in [0.29, 0.717) is 6.42 Å². The minimum Gasteiger partial charge on any atom is -0.481 e. The summed E-state index contributed by atoms with van der Waals surface area (Å²) in [6, 6.07) is 0. The summed E-state index contributed by atoms with van der Waals surface area (Å²) >= 11 is 0. The summed E-state index contributed by atoms with van der Waals surface area (Å²) in [5.41, 5.74) is 1.18. The highest BCUT2D eigenvalue weighted by atomic mass is 16.4. The lowest BCUT2D eigenvalue weighted by atomic mass is 9.92. The summed E-state index contributed by atoms with van der Waals surface area (Å²) in [5.74, 6) is -0.722. The predicted octanol–water partition coefficient (Wildman–Crippen LogP) is 2.70. The van der Waals surface area contributed by atoms with Gasteiger partial charge in [-0.05, 0) is 26.2 Å². The molecule has 0 rings (SSSR count). The van der Waals surface area contributed by atoms with Gasteiger partial charge in [-0.2, -0.15) is 0 Å². The molecule has 0 spiro atoms. The number of aliphatic carboxylic acids is 1. The number of allylic oxidation sites excluding steroid dienone is 2. The molecule has 1 N–H and O–H groups in total. The molecule has 0 radical (unpaired) electrons. The molecule has 0 aromatic carbocycles. The van der Waals surface area contributed by atoms with Gasteiger partial charge in [0.1, 0.15) is 0 Å². The number of carboxylic acid groups (broad SMARTS) is 1. The zero-order valence-corrected chi connectivity index (χ0v) is 8.29. The van der Waals surface area contributed by atoms with Crippen molar-refractivity contribution < 1.29 is 9.90 Å². The van der Waals surface area contributed by atoms with E-state index < -0.39 is 5.97 Å². The summed E-state index contributed by atoms with van der Waals surface area (Å²) in [6.45, 7) is 7.85. The first kappa shape index (κ1) is 11.2. The molecule has 0 aromatic heterocycles. The molecule has 70 valence electrons. The van der Waals surface area contributed by atoms with Gasteiger partial charge in [-0.1, -0.05) is 25.5 Å². The lowest BCUT2D eigenvalue weighted by Crippen LogP contribution is -2.18. The van der Waals surface area contributed by atoms with Gasteiger partial charge in [-0.3, -0.25) is 4.79 Å². The summed E-state index contributed by atoms with van der Waals surface area (Å²) in [7, 11) is 0. The second-order valence-electron chi connectivity index (χ2n) is 3.71. The average Bonchev–Trinajstić information content (AvgIpc) is 1.84. The molecular weight excluding hydrogens is 152 g/mol. The van der Waals surface area contributed by atoms with E-state index in [1.165, 1.54) is 5.57 Å². The van der Waals surface area contributed by atoms with Gasteiger partial charge in [0, 0.05) is 0 Å². The Morgan fingerprint density at radius 2 is 1.92 bits per heavy atom. The third-order valence-electron chi connectivity index (χ3n) is 1.90. The first-order chi connectivity index (χ1) is 5.45. The van der Waals surface area contributed by atoms with E-state index in [9.17, 15) is 4.79 Å². The first-order valence-electron chi connectivity index (χ1n) is 4.31. The second kappa shape index (κ2) is 4.96. The molecule has 0 aliphatic carbocycles. The van der Waals surface area contributed by atoms with Crippen molar-refractivity contribution in [3.8, 4) is 0 Å². The van der Waals surface area contributed by atoms with Crippen LogP contribution in [0.15, 0.2) is 11.6 Å². The zero-order chi connectivity index (χ0) is 9.72. The van der Waals surface area contributed by atoms with Crippen molar-refractivity contribution in [2.24, 2.45) is 11.8 Å². The van der Waals surface area contributed by atoms with Crippen LogP contribution in [0.5, 0.6) is 0 Å². The van der Waals surface area contributed by atoms with Crippen LogP contribution in [0.25, 0.3) is 0 Å². The molecule has 0 aliphatic rings. The average molecular weight is 170 g/mol. The van der Waals surface area contributed by atoms with E-state index in [-0.39, 0.29) is 11.8 Å². The normalized spacial score (nSPS) is 12.8. The molecule has 12 heavy (non-hydrogen) atoms. The lowest BCUT2D eigenvalue weighted by molar-refractivity contribution is -0.143. The lowest BCUT2D eigenvalue weighted by Gasteiger charge is -2.13. The van der Waals surface area contributed by atoms with Crippen molar-refractivity contribution >= 4 is 5.97 Å². The van der Waals surface area contributed by atoms with Crippen molar-refractivity contribution in [1.82, 2.24) is 0 Å². The van der Waals surface area contributed by atoms with Crippen LogP contribution in [0, 0.1) is 11.8 Å². The SMILES string of the molecule is CC(C)=CC[C@H](C(=O)O)C(C)C. The molecule has 2 nitrogen and oxygen atoms in total. The number of hydrogen-bond acceptors (Lipinski definition) is 1. The maximum atomic E-state index is 10.7. The summed E-state index contributed by atoms with van der Waals surface area (Å²) in [5, 5.41) is 8.83. The fraction of sp³-hybridized carbons (Fsp3) is 0.700. The van der Waals surface area contributed by atoms with E-state index in [2.05, 4.69) is 0 Å². The molecule has 0 bridgehead atoms. The number of carboxylic acids is 1. The Morgan fingerprint density at radius 3 is 2.17 bits per heavy atom. The van der Waals surface area contributed by atoms with E-state index >= 15 is 0 Å². The van der Waals surface area contributed by atoms with Crippen LogP contribution in [0.2, 0.25) is 0 Å². The zero-order valence-electron chi connectivity index (χ0n) is 8.29. The number of rotatable bonds is 4. The van der Waals surface area contributed by atoms with Crippen molar-refractivity contribution in [2.75, 3.05) is 0 Å². The Kier molecular flexibility index (Phi) is 4.64. The van der Waals surface area contributed by atoms with Crippen LogP contribution in [0.4, 0.5) is 0 Å². The standard InChI is InChI=1S/C10H18O2/c1-7(2)5-6-9(8(3)4)10(11)12/h5,8-9H,6H2,1-4H3,(H,11,12)/t9-/m0/s1. The summed E-state index contributed by atoms with van der Waals surface area (Å²) in [4.78, 5) is 10.7. The largest absolute Gasteiger partial charge is 0.481 e. The van der Waals surface area contributed by atoms with Crippen molar-refractivity contribution in [3.63, 3.8) is 0 Å². The molecule has 2 heteroatoms. The Labute approximate surface area is 74.3 Å². The second-order valence-corrected chi connectivity index (χ2v) is 3.71. The van der Waals surface area contributed by atoms with Crippen LogP contribution in [-0.4, -0.2) is 11.1 Å². The van der Waals surface area contributed by atoms with Gasteiger partial charge < -0.3 is 5.11 Å². The van der Waals surface area contributed by atoms with E-state index in [1.54, 1.807) is 0 Å². The number of carbonyl (C=O) groups is 1. The Balaban J connectivity index is 4.15. The Hall–Kier alpha value is -0.790. The highest BCUT2D eigenvalue weighted by Gasteiger charge is 2.19. The van der Waals surface area contributed by atoms with E-state index in [0.717, 1.165) is 0 Å². The molecule has 0 amide bonds. The Bertz CT molecular complexity index is 176. The fourth-order valence-corrected chi connectivity index (χ4v) is 1.02. The van der Waals surface area contributed by atoms with Gasteiger partial charge >= 0.3 is 5.97 Å². The molecule has 0 aromatic rings. The van der Waals surface area contributed by atoms with Gasteiger partial charge in [-0.15, -0.1) is 0 Å². The van der Waals surface area contributed by atoms with Crippen molar-refractivity contribution in [3.05, 3.63) is 11.6 Å². The van der Waals surface area contributed by atoms with E-state index in [4.69, 9.17) is 5.11 Å². The van der Waals surface area contributed by atoms with E-state index in [1.807, 2.05) is 33.8 Å². The first-order valence-corrected chi connectivity index (χ1v) is 4.31. The third kappa shape index (κ3) is 4.16. The van der Waals surface area contributed by atoms with Crippen LogP contribution >= 0.6 is 0 Å². The Morgan fingerprint density at radius 1 is 1.42 bits per heavy atom. The van der Waals surface area contributed by atoms with Gasteiger partial charge in [-0.25, -0.2) is 0 Å². The molecule has 0 aliphatic heterocycles. The maximum Gasteiger partial charge on any atom is 0.307 e. The van der Waals surface area contributed by atoms with Gasteiger partial charge in [0.25, 0.3) is 0 Å². The smallest absolute Gasteiger partial charge is 0.307 e. The van der Waals surface area contributed by atoms with Crippen molar-refractivity contribution in [2.45, 2.75) is 34.1 Å². The molecular formula is C10H18O2. The summed E-state index contributed by atoms with van der Waals surface area (Å²) in [6.07, 6.45) is 2.63. The highest BCUT2D eigenvalue weighted by Crippen LogP contribution is 2.16. The minimum atomic E-state index is -0.692. The topological polar surface area (TPSA) is 37.3 Å². The summed E-state index contributed by atoms with van der Waals surface area (Å²) < 4.78 is 0. The molecule has 0 unspecified atom stereocenters. The monoisotopic (exact) mass is 170 g/mol. The van der Waals surface area contributed by atoms with Crippen LogP contribution in [-0.2, 0) is 4.79 Å². The van der Waals surface area contributed by atoms with Crippen LogP contribution in [0.3, 0.4) is 0 Å². The van der Waals surface area contributed by atoms with Gasteiger partial charge in [0.2, 0.25) is 0 Å². The molecule has 0 saturated carbocycles. The molecule has 0 heterocycles.